The predicted molar refractivity (Wildman–Crippen MR) is 90.3 cm³/mol. The third-order valence-corrected chi connectivity index (χ3v) is 5.49. The Balaban J connectivity index is 3.02. The van der Waals surface area contributed by atoms with E-state index in [1.54, 1.807) is 13.8 Å². The lowest BCUT2D eigenvalue weighted by molar-refractivity contribution is -0.160. The maximum Gasteiger partial charge on any atom is 0.310 e. The van der Waals surface area contributed by atoms with Gasteiger partial charge < -0.3 is 9.47 Å². The molecule has 0 spiro atoms. The van der Waals surface area contributed by atoms with Crippen LogP contribution < -0.4 is 0 Å². The lowest BCUT2D eigenvalue weighted by Crippen LogP contribution is -2.36. The first-order valence-electron chi connectivity index (χ1n) is 8.20. The van der Waals surface area contributed by atoms with Crippen LogP contribution in [0.5, 0.6) is 0 Å². The normalized spacial score (nSPS) is 22.5. The standard InChI is InChI=1S/C17H30O4Si/c1-7-20-16(18)14-9-12(3)13(11-22(4,5)6)10-15(14)17(19)21-8-2/h14-15H,7-11H2,1-6H3. The minimum Gasteiger partial charge on any atom is -0.466 e. The van der Waals surface area contributed by atoms with Gasteiger partial charge in [-0.3, -0.25) is 9.59 Å². The lowest BCUT2D eigenvalue weighted by Gasteiger charge is -2.33. The summed E-state index contributed by atoms with van der Waals surface area (Å²) < 4.78 is 10.4. The molecule has 126 valence electrons. The van der Waals surface area contributed by atoms with Crippen LogP contribution >= 0.6 is 0 Å². The molecule has 2 atom stereocenters. The first-order chi connectivity index (χ1) is 10.2. The third-order valence-electron chi connectivity index (χ3n) is 4.00. The minimum absolute atomic E-state index is 0.263. The van der Waals surface area contributed by atoms with Crippen molar-refractivity contribution in [1.29, 1.82) is 0 Å². The van der Waals surface area contributed by atoms with Crippen molar-refractivity contribution in [1.82, 2.24) is 0 Å². The zero-order valence-electron chi connectivity index (χ0n) is 14.8. The number of hydrogen-bond donors (Lipinski definition) is 0. The molecule has 0 heterocycles. The number of allylic oxidation sites excluding steroid dienone is 2. The first-order valence-corrected chi connectivity index (χ1v) is 11.9. The van der Waals surface area contributed by atoms with Gasteiger partial charge in [0.15, 0.2) is 0 Å². The highest BCUT2D eigenvalue weighted by atomic mass is 28.3. The van der Waals surface area contributed by atoms with Crippen LogP contribution in [-0.4, -0.2) is 33.2 Å². The second-order valence-corrected chi connectivity index (χ2v) is 12.7. The number of carbonyl (C=O) groups excluding carboxylic acids is 2. The highest BCUT2D eigenvalue weighted by Gasteiger charge is 2.40. The van der Waals surface area contributed by atoms with Gasteiger partial charge in [-0.25, -0.2) is 0 Å². The molecule has 0 radical (unpaired) electrons. The van der Waals surface area contributed by atoms with Crippen LogP contribution in [0.15, 0.2) is 11.1 Å². The molecule has 0 saturated heterocycles. The Labute approximate surface area is 135 Å². The average Bonchev–Trinajstić information content (AvgIpc) is 2.39. The maximum atomic E-state index is 12.3. The molecule has 0 aromatic rings. The molecule has 1 rings (SSSR count). The molecule has 1 aliphatic carbocycles. The smallest absolute Gasteiger partial charge is 0.310 e. The number of hydrogen-bond acceptors (Lipinski definition) is 4. The van der Waals surface area contributed by atoms with Gasteiger partial charge in [0, 0.05) is 8.07 Å². The molecule has 5 heteroatoms. The Morgan fingerprint density at radius 3 is 1.86 bits per heavy atom. The molecule has 2 unspecified atom stereocenters. The fraction of sp³-hybridized carbons (Fsp3) is 0.765. The van der Waals surface area contributed by atoms with Crippen LogP contribution in [0.4, 0.5) is 0 Å². The van der Waals surface area contributed by atoms with Crippen LogP contribution in [0, 0.1) is 11.8 Å². The van der Waals surface area contributed by atoms with Gasteiger partial charge in [-0.05, 0) is 39.7 Å². The van der Waals surface area contributed by atoms with E-state index in [4.69, 9.17) is 9.47 Å². The van der Waals surface area contributed by atoms with Crippen LogP contribution in [0.1, 0.15) is 33.6 Å². The molecule has 0 aliphatic heterocycles. The van der Waals surface area contributed by atoms with E-state index in [1.165, 1.54) is 11.1 Å². The van der Waals surface area contributed by atoms with Crippen molar-refractivity contribution in [2.45, 2.75) is 59.3 Å². The third kappa shape index (κ3) is 5.27. The summed E-state index contributed by atoms with van der Waals surface area (Å²) in [4.78, 5) is 24.5. The van der Waals surface area contributed by atoms with Crippen molar-refractivity contribution in [3.8, 4) is 0 Å². The van der Waals surface area contributed by atoms with Crippen LogP contribution in [0.25, 0.3) is 0 Å². The fourth-order valence-corrected chi connectivity index (χ4v) is 4.78. The van der Waals surface area contributed by atoms with Crippen molar-refractivity contribution in [2.24, 2.45) is 11.8 Å². The Hall–Kier alpha value is -1.10. The summed E-state index contributed by atoms with van der Waals surface area (Å²) >= 11 is 0. The molecule has 0 aromatic carbocycles. The van der Waals surface area contributed by atoms with Gasteiger partial charge in [-0.2, -0.15) is 0 Å². The Bertz CT molecular complexity index is 448. The zero-order chi connectivity index (χ0) is 16.9. The maximum absolute atomic E-state index is 12.3. The van der Waals surface area contributed by atoms with E-state index in [-0.39, 0.29) is 11.9 Å². The molecule has 0 fully saturated rings. The first kappa shape index (κ1) is 18.9. The number of carbonyl (C=O) groups is 2. The Kier molecular flexibility index (Phi) is 6.85. The highest BCUT2D eigenvalue weighted by molar-refractivity contribution is 6.76. The van der Waals surface area contributed by atoms with Gasteiger partial charge in [0.05, 0.1) is 25.0 Å². The molecule has 0 amide bonds. The van der Waals surface area contributed by atoms with E-state index in [2.05, 4.69) is 26.6 Å². The van der Waals surface area contributed by atoms with Crippen LogP contribution in [0.3, 0.4) is 0 Å². The second kappa shape index (κ2) is 7.95. The molecule has 22 heavy (non-hydrogen) atoms. The Morgan fingerprint density at radius 2 is 1.45 bits per heavy atom. The predicted octanol–water partition coefficient (Wildman–Crippen LogP) is 3.79. The minimum atomic E-state index is -1.26. The molecule has 0 aromatic heterocycles. The quantitative estimate of drug-likeness (QED) is 0.423. The van der Waals surface area contributed by atoms with Gasteiger partial charge >= 0.3 is 11.9 Å². The summed E-state index contributed by atoms with van der Waals surface area (Å²) in [6.07, 6.45) is 1.25. The molecule has 4 nitrogen and oxygen atoms in total. The summed E-state index contributed by atoms with van der Waals surface area (Å²) in [6, 6.07) is 1.07. The van der Waals surface area contributed by atoms with E-state index < -0.39 is 19.9 Å². The highest BCUT2D eigenvalue weighted by Crippen LogP contribution is 2.39. The van der Waals surface area contributed by atoms with Crippen molar-refractivity contribution >= 4 is 20.0 Å². The van der Waals surface area contributed by atoms with Crippen molar-refractivity contribution in [2.75, 3.05) is 13.2 Å². The van der Waals surface area contributed by atoms with Gasteiger partial charge in [0.1, 0.15) is 0 Å². The Morgan fingerprint density at radius 1 is 1.00 bits per heavy atom. The van der Waals surface area contributed by atoms with Crippen molar-refractivity contribution in [3.05, 3.63) is 11.1 Å². The summed E-state index contributed by atoms with van der Waals surface area (Å²) in [6.45, 7) is 13.3. The molecule has 1 aliphatic rings. The van der Waals surface area contributed by atoms with Crippen molar-refractivity contribution < 1.29 is 19.1 Å². The van der Waals surface area contributed by atoms with Gasteiger partial charge in [0.2, 0.25) is 0 Å². The van der Waals surface area contributed by atoms with Gasteiger partial charge in [0.25, 0.3) is 0 Å². The molecule has 0 bridgehead atoms. The van der Waals surface area contributed by atoms with Gasteiger partial charge in [-0.15, -0.1) is 0 Å². The molecule has 0 saturated carbocycles. The zero-order valence-corrected chi connectivity index (χ0v) is 15.8. The average molecular weight is 327 g/mol. The van der Waals surface area contributed by atoms with E-state index in [1.807, 2.05) is 0 Å². The number of esters is 2. The van der Waals surface area contributed by atoms with E-state index >= 15 is 0 Å². The van der Waals surface area contributed by atoms with Crippen LogP contribution in [0.2, 0.25) is 25.7 Å². The van der Waals surface area contributed by atoms with E-state index in [0.29, 0.717) is 26.1 Å². The summed E-state index contributed by atoms with van der Waals surface area (Å²) in [5.41, 5.74) is 2.60. The van der Waals surface area contributed by atoms with Crippen LogP contribution in [-0.2, 0) is 19.1 Å². The monoisotopic (exact) mass is 326 g/mol. The fourth-order valence-electron chi connectivity index (χ4n) is 3.06. The molecule has 0 N–H and O–H groups in total. The summed E-state index contributed by atoms with van der Waals surface area (Å²) in [5.74, 6) is -1.33. The molecular formula is C17H30O4Si. The molecular weight excluding hydrogens is 296 g/mol. The number of ether oxygens (including phenoxy) is 2. The largest absolute Gasteiger partial charge is 0.466 e. The summed E-state index contributed by atoms with van der Waals surface area (Å²) in [7, 11) is -1.26. The van der Waals surface area contributed by atoms with Crippen molar-refractivity contribution in [3.63, 3.8) is 0 Å². The SMILES string of the molecule is CCOC(=O)C1CC(C)=C(C[Si](C)(C)C)CC1C(=O)OCC. The topological polar surface area (TPSA) is 52.6 Å². The lowest BCUT2D eigenvalue weighted by atomic mass is 9.76. The summed E-state index contributed by atoms with van der Waals surface area (Å²) in [5, 5.41) is 0. The van der Waals surface area contributed by atoms with E-state index in [0.717, 1.165) is 6.04 Å². The second-order valence-electron chi connectivity index (χ2n) is 7.25. The van der Waals surface area contributed by atoms with Gasteiger partial charge in [-0.1, -0.05) is 30.8 Å². The van der Waals surface area contributed by atoms with E-state index in [9.17, 15) is 9.59 Å². The number of rotatable bonds is 6.